The molecule has 0 aliphatic carbocycles. The second-order valence-corrected chi connectivity index (χ2v) is 9.75. The quantitative estimate of drug-likeness (QED) is 0.469. The third-order valence-corrected chi connectivity index (χ3v) is 7.29. The van der Waals surface area contributed by atoms with Gasteiger partial charge in [-0.15, -0.1) is 0 Å². The van der Waals surface area contributed by atoms with E-state index in [-0.39, 0.29) is 21.5 Å². The number of carbonyl (C=O) groups excluding carboxylic acids is 1. The normalized spacial score (nSPS) is 13.5. The molecule has 5 rings (SSSR count). The van der Waals surface area contributed by atoms with Crippen molar-refractivity contribution in [1.29, 1.82) is 0 Å². The van der Waals surface area contributed by atoms with Crippen LogP contribution in [-0.4, -0.2) is 30.8 Å². The van der Waals surface area contributed by atoms with E-state index in [2.05, 4.69) is 9.71 Å². The summed E-state index contributed by atoms with van der Waals surface area (Å²) in [6.45, 7) is 0.877. The van der Waals surface area contributed by atoms with Crippen LogP contribution in [0.4, 0.5) is 10.1 Å². The van der Waals surface area contributed by atoms with Crippen LogP contribution in [0.1, 0.15) is 21.5 Å². The Labute approximate surface area is 194 Å². The average Bonchev–Trinajstić information content (AvgIpc) is 2.85. The Balaban J connectivity index is 1.49. The number of para-hydroxylation sites is 1. The van der Waals surface area contributed by atoms with E-state index in [4.69, 9.17) is 0 Å². The van der Waals surface area contributed by atoms with Crippen molar-refractivity contribution in [1.82, 2.24) is 9.88 Å². The number of hydrogen-bond donors (Lipinski definition) is 2. The van der Waals surface area contributed by atoms with Crippen LogP contribution in [0.5, 0.6) is 0 Å². The molecule has 9 heteroatoms. The van der Waals surface area contributed by atoms with Gasteiger partial charge in [0.1, 0.15) is 11.4 Å². The van der Waals surface area contributed by atoms with Crippen molar-refractivity contribution in [2.75, 3.05) is 11.3 Å². The molecule has 1 aliphatic rings. The second-order valence-electron chi connectivity index (χ2n) is 8.07. The number of aromatic nitrogens is 1. The molecule has 0 saturated carbocycles. The molecule has 2 heterocycles. The van der Waals surface area contributed by atoms with Crippen LogP contribution in [0.15, 0.2) is 82.6 Å². The van der Waals surface area contributed by atoms with Gasteiger partial charge in [-0.3, -0.25) is 14.3 Å². The Hall–Kier alpha value is -3.98. The number of hydrogen-bond acceptors (Lipinski definition) is 4. The minimum atomic E-state index is -4.17. The zero-order chi connectivity index (χ0) is 23.9. The third kappa shape index (κ3) is 3.94. The van der Waals surface area contributed by atoms with Gasteiger partial charge in [0.05, 0.1) is 10.6 Å². The molecule has 0 saturated heterocycles. The van der Waals surface area contributed by atoms with Crippen molar-refractivity contribution in [2.45, 2.75) is 17.9 Å². The summed E-state index contributed by atoms with van der Waals surface area (Å²) in [5.41, 5.74) is 1.76. The van der Waals surface area contributed by atoms with Crippen LogP contribution in [0, 0.1) is 5.82 Å². The highest BCUT2D eigenvalue weighted by Crippen LogP contribution is 2.23. The lowest BCUT2D eigenvalue weighted by Crippen LogP contribution is -2.38. The lowest BCUT2D eigenvalue weighted by molar-refractivity contribution is 0.0733. The number of nitrogens with zero attached hydrogens (tertiary/aromatic N) is 1. The molecule has 34 heavy (non-hydrogen) atoms. The van der Waals surface area contributed by atoms with Gasteiger partial charge in [0, 0.05) is 30.2 Å². The number of benzene rings is 3. The van der Waals surface area contributed by atoms with E-state index in [9.17, 15) is 22.4 Å². The minimum absolute atomic E-state index is 0.0552. The Bertz CT molecular complexity index is 1600. The molecule has 3 aromatic carbocycles. The molecule has 1 amide bonds. The average molecular weight is 478 g/mol. The highest BCUT2D eigenvalue weighted by Gasteiger charge is 2.25. The molecular formula is C25H20FN3O4S. The molecule has 0 radical (unpaired) electrons. The lowest BCUT2D eigenvalue weighted by Gasteiger charge is -2.28. The number of halogens is 1. The zero-order valence-corrected chi connectivity index (χ0v) is 18.7. The standard InChI is InChI=1S/C25H20FN3O4S/c26-21-7-3-4-8-23(21)28-34(32,33)18-9-10-22-19(13-18)24(30)20(14-27-22)25(31)29-12-11-16-5-1-2-6-17(16)15-29/h1-10,13-14,28H,11-12,15H2,(H,27,30). The predicted octanol–water partition coefficient (Wildman–Crippen LogP) is 3.67. The van der Waals surface area contributed by atoms with Gasteiger partial charge in [-0.05, 0) is 47.9 Å². The second kappa shape index (κ2) is 8.42. The number of amides is 1. The first-order valence-electron chi connectivity index (χ1n) is 10.6. The smallest absolute Gasteiger partial charge is 0.262 e. The largest absolute Gasteiger partial charge is 0.360 e. The van der Waals surface area contributed by atoms with E-state index in [0.717, 1.165) is 11.6 Å². The van der Waals surface area contributed by atoms with Crippen LogP contribution in [0.2, 0.25) is 0 Å². The SMILES string of the molecule is O=C(c1c[nH]c2ccc(S(=O)(=O)Nc3ccccc3F)cc2c1=O)N1CCc2ccccc2C1. The molecular weight excluding hydrogens is 457 g/mol. The number of fused-ring (bicyclic) bond motifs is 2. The topological polar surface area (TPSA) is 99.3 Å². The summed E-state index contributed by atoms with van der Waals surface area (Å²) in [7, 11) is -4.17. The van der Waals surface area contributed by atoms with Crippen LogP contribution in [0.3, 0.4) is 0 Å². The maximum Gasteiger partial charge on any atom is 0.262 e. The summed E-state index contributed by atoms with van der Waals surface area (Å²) in [6.07, 6.45) is 2.05. The van der Waals surface area contributed by atoms with Gasteiger partial charge in [0.2, 0.25) is 5.43 Å². The molecule has 0 spiro atoms. The third-order valence-electron chi connectivity index (χ3n) is 5.93. The minimum Gasteiger partial charge on any atom is -0.360 e. The van der Waals surface area contributed by atoms with Crippen molar-refractivity contribution in [2.24, 2.45) is 0 Å². The molecule has 7 nitrogen and oxygen atoms in total. The van der Waals surface area contributed by atoms with Gasteiger partial charge in [0.25, 0.3) is 15.9 Å². The molecule has 4 aromatic rings. The summed E-state index contributed by atoms with van der Waals surface area (Å²) >= 11 is 0. The Morgan fingerprint density at radius 1 is 1.00 bits per heavy atom. The van der Waals surface area contributed by atoms with E-state index in [1.165, 1.54) is 48.2 Å². The number of rotatable bonds is 4. The summed E-state index contributed by atoms with van der Waals surface area (Å²) in [6, 6.07) is 17.2. The van der Waals surface area contributed by atoms with Crippen molar-refractivity contribution in [3.63, 3.8) is 0 Å². The first-order chi connectivity index (χ1) is 16.3. The van der Waals surface area contributed by atoms with E-state index in [1.54, 1.807) is 4.90 Å². The highest BCUT2D eigenvalue weighted by molar-refractivity contribution is 7.92. The van der Waals surface area contributed by atoms with Crippen molar-refractivity contribution in [3.8, 4) is 0 Å². The number of H-pyrrole nitrogens is 1. The predicted molar refractivity (Wildman–Crippen MR) is 127 cm³/mol. The van der Waals surface area contributed by atoms with Gasteiger partial charge >= 0.3 is 0 Å². The maximum absolute atomic E-state index is 13.9. The van der Waals surface area contributed by atoms with Crippen LogP contribution >= 0.6 is 0 Å². The molecule has 0 fully saturated rings. The van der Waals surface area contributed by atoms with Crippen LogP contribution in [-0.2, 0) is 23.0 Å². The number of aromatic amines is 1. The van der Waals surface area contributed by atoms with Crippen LogP contribution in [0.25, 0.3) is 10.9 Å². The molecule has 0 atom stereocenters. The molecule has 172 valence electrons. The van der Waals surface area contributed by atoms with E-state index in [1.807, 2.05) is 24.3 Å². The summed E-state index contributed by atoms with van der Waals surface area (Å²) in [4.78, 5) is 30.7. The fourth-order valence-corrected chi connectivity index (χ4v) is 5.20. The fourth-order valence-electron chi connectivity index (χ4n) is 4.11. The van der Waals surface area contributed by atoms with E-state index in [0.29, 0.717) is 25.0 Å². The molecule has 2 N–H and O–H groups in total. The number of sulfonamides is 1. The van der Waals surface area contributed by atoms with Crippen molar-refractivity contribution in [3.05, 3.63) is 106 Å². The molecule has 0 unspecified atom stereocenters. The fraction of sp³-hybridized carbons (Fsp3) is 0.120. The first-order valence-corrected chi connectivity index (χ1v) is 12.1. The molecule has 1 aromatic heterocycles. The van der Waals surface area contributed by atoms with E-state index >= 15 is 0 Å². The monoisotopic (exact) mass is 477 g/mol. The van der Waals surface area contributed by atoms with E-state index < -0.39 is 27.2 Å². The number of pyridine rings is 1. The van der Waals surface area contributed by atoms with Crippen LogP contribution < -0.4 is 10.2 Å². The Kier molecular flexibility index (Phi) is 5.41. The van der Waals surface area contributed by atoms with Gasteiger partial charge in [-0.25, -0.2) is 12.8 Å². The Morgan fingerprint density at radius 3 is 2.53 bits per heavy atom. The van der Waals surface area contributed by atoms with Gasteiger partial charge < -0.3 is 9.88 Å². The number of carbonyl (C=O) groups is 1. The summed E-state index contributed by atoms with van der Waals surface area (Å²) in [5, 5.41) is 0.0552. The first kappa shape index (κ1) is 21.8. The van der Waals surface area contributed by atoms with Crippen molar-refractivity contribution >= 4 is 32.5 Å². The number of nitrogens with one attached hydrogen (secondary N) is 2. The number of anilines is 1. The molecule has 0 bridgehead atoms. The van der Waals surface area contributed by atoms with Gasteiger partial charge in [-0.2, -0.15) is 0 Å². The molecule has 1 aliphatic heterocycles. The highest BCUT2D eigenvalue weighted by atomic mass is 32.2. The maximum atomic E-state index is 13.9. The summed E-state index contributed by atoms with van der Waals surface area (Å²) in [5.74, 6) is -1.14. The van der Waals surface area contributed by atoms with Crippen molar-refractivity contribution < 1.29 is 17.6 Å². The zero-order valence-electron chi connectivity index (χ0n) is 17.9. The van der Waals surface area contributed by atoms with Gasteiger partial charge in [0.15, 0.2) is 0 Å². The summed E-state index contributed by atoms with van der Waals surface area (Å²) < 4.78 is 41.8. The lowest BCUT2D eigenvalue weighted by atomic mass is 9.99. The van der Waals surface area contributed by atoms with Gasteiger partial charge in [-0.1, -0.05) is 36.4 Å². The Morgan fingerprint density at radius 2 is 1.74 bits per heavy atom.